The number of hydrogen-bond acceptors (Lipinski definition) is 7. The van der Waals surface area contributed by atoms with Crippen LogP contribution < -0.4 is 10.6 Å². The van der Waals surface area contributed by atoms with Crippen LogP contribution in [0, 0.1) is 0 Å². The number of nitrogens with one attached hydrogen (secondary N) is 2. The summed E-state index contributed by atoms with van der Waals surface area (Å²) in [7, 11) is 0. The van der Waals surface area contributed by atoms with Gasteiger partial charge in [-0.3, -0.25) is 9.48 Å². The fourth-order valence-corrected chi connectivity index (χ4v) is 6.29. The molecule has 0 spiro atoms. The van der Waals surface area contributed by atoms with Gasteiger partial charge in [-0.2, -0.15) is 5.10 Å². The minimum Gasteiger partial charge on any atom is -0.444 e. The minimum absolute atomic E-state index is 0.0271. The van der Waals surface area contributed by atoms with Gasteiger partial charge in [-0.25, -0.2) is 9.78 Å². The third kappa shape index (κ3) is 4.57. The highest BCUT2D eigenvalue weighted by Gasteiger charge is 2.28. The van der Waals surface area contributed by atoms with E-state index in [-0.39, 0.29) is 24.1 Å². The van der Waals surface area contributed by atoms with E-state index in [1.165, 1.54) is 11.3 Å². The van der Waals surface area contributed by atoms with Gasteiger partial charge in [-0.15, -0.1) is 11.3 Å². The van der Waals surface area contributed by atoms with E-state index >= 15 is 0 Å². The smallest absolute Gasteiger partial charge is 0.410 e. The number of fused-ring (bicyclic) bond motifs is 5. The zero-order valence-electron chi connectivity index (χ0n) is 22.1. The van der Waals surface area contributed by atoms with E-state index in [4.69, 9.17) is 9.72 Å². The summed E-state index contributed by atoms with van der Waals surface area (Å²) in [6.45, 7) is 9.64. The maximum Gasteiger partial charge on any atom is 0.410 e. The van der Waals surface area contributed by atoms with Crippen LogP contribution in [0.3, 0.4) is 0 Å². The Bertz CT molecular complexity index is 1540. The molecule has 0 radical (unpaired) electrons. The molecule has 2 amide bonds. The van der Waals surface area contributed by atoms with E-state index in [0.29, 0.717) is 19.6 Å². The topological polar surface area (TPSA) is 101 Å². The van der Waals surface area contributed by atoms with Gasteiger partial charge in [0.05, 0.1) is 29.1 Å². The highest BCUT2D eigenvalue weighted by molar-refractivity contribution is 7.21. The normalized spacial score (nSPS) is 18.7. The van der Waals surface area contributed by atoms with Crippen LogP contribution in [0.1, 0.15) is 56.3 Å². The van der Waals surface area contributed by atoms with Gasteiger partial charge in [0, 0.05) is 52.9 Å². The molecule has 0 aliphatic carbocycles. The van der Waals surface area contributed by atoms with Crippen LogP contribution in [0.15, 0.2) is 36.7 Å². The van der Waals surface area contributed by atoms with Crippen LogP contribution in [0.2, 0.25) is 0 Å². The molecule has 2 N–H and O–H groups in total. The number of carbonyl (C=O) groups is 2. The number of piperidine rings is 1. The average Bonchev–Trinajstić information content (AvgIpc) is 3.49. The molecular formula is C28H32N6O3S. The largest absolute Gasteiger partial charge is 0.444 e. The van der Waals surface area contributed by atoms with Crippen LogP contribution in [0.25, 0.3) is 32.2 Å². The van der Waals surface area contributed by atoms with Crippen molar-refractivity contribution in [2.75, 3.05) is 25.0 Å². The zero-order valence-corrected chi connectivity index (χ0v) is 22.9. The second kappa shape index (κ2) is 9.27. The number of pyridine rings is 1. The van der Waals surface area contributed by atoms with Crippen LogP contribution in [-0.4, -0.2) is 62.9 Å². The van der Waals surface area contributed by atoms with Gasteiger partial charge < -0.3 is 20.3 Å². The zero-order chi connectivity index (χ0) is 26.6. The fraction of sp³-hybridized carbons (Fsp3) is 0.429. The summed E-state index contributed by atoms with van der Waals surface area (Å²) in [5.41, 5.74) is 3.10. The summed E-state index contributed by atoms with van der Waals surface area (Å²) < 4.78 is 8.59. The number of anilines is 1. The molecule has 10 heteroatoms. The number of ether oxygens (including phenoxy) is 1. The number of benzene rings is 1. The van der Waals surface area contributed by atoms with Gasteiger partial charge >= 0.3 is 6.09 Å². The number of aromatic nitrogens is 3. The third-order valence-corrected chi connectivity index (χ3v) is 8.23. The summed E-state index contributed by atoms with van der Waals surface area (Å²) in [5, 5.41) is 13.2. The van der Waals surface area contributed by atoms with Crippen molar-refractivity contribution >= 4 is 50.0 Å². The number of rotatable bonds is 2. The molecule has 2 aliphatic heterocycles. The van der Waals surface area contributed by atoms with Crippen molar-refractivity contribution in [2.24, 2.45) is 0 Å². The number of amides is 2. The second-order valence-corrected chi connectivity index (χ2v) is 12.2. The first-order chi connectivity index (χ1) is 18.2. The predicted molar refractivity (Wildman–Crippen MR) is 150 cm³/mol. The Morgan fingerprint density at radius 1 is 1.16 bits per heavy atom. The Morgan fingerprint density at radius 3 is 2.71 bits per heavy atom. The lowest BCUT2D eigenvalue weighted by Crippen LogP contribution is -2.42. The average molecular weight is 533 g/mol. The van der Waals surface area contributed by atoms with E-state index in [1.54, 1.807) is 4.90 Å². The Morgan fingerprint density at radius 2 is 1.95 bits per heavy atom. The highest BCUT2D eigenvalue weighted by Crippen LogP contribution is 2.41. The number of carbonyl (C=O) groups excluding carboxylic acids is 2. The van der Waals surface area contributed by atoms with Crippen LogP contribution in [-0.2, 0) is 4.74 Å². The summed E-state index contributed by atoms with van der Waals surface area (Å²) in [4.78, 5) is 32.6. The fourth-order valence-electron chi connectivity index (χ4n) is 5.20. The monoisotopic (exact) mass is 532 g/mol. The van der Waals surface area contributed by atoms with E-state index in [1.807, 2.05) is 63.0 Å². The van der Waals surface area contributed by atoms with E-state index in [2.05, 4.69) is 21.8 Å². The first-order valence-corrected chi connectivity index (χ1v) is 13.9. The Kier molecular flexibility index (Phi) is 6.02. The van der Waals surface area contributed by atoms with Crippen molar-refractivity contribution in [1.29, 1.82) is 0 Å². The van der Waals surface area contributed by atoms with Gasteiger partial charge in [0.25, 0.3) is 5.91 Å². The second-order valence-electron chi connectivity index (χ2n) is 11.2. The molecule has 9 nitrogen and oxygen atoms in total. The summed E-state index contributed by atoms with van der Waals surface area (Å²) in [6.07, 6.45) is 5.30. The van der Waals surface area contributed by atoms with Gasteiger partial charge in [-0.1, -0.05) is 0 Å². The molecule has 1 atom stereocenters. The number of likely N-dealkylation sites (tertiary alicyclic amines) is 1. The maximum atomic E-state index is 12.7. The SMILES string of the molecule is C[C@@H]1CNc2c(sc3ccc4nc(-c5cnn(C6CCN(C(=O)OC(C)(C)C)CC6)c5)ccc4c23)C(=O)N1. The van der Waals surface area contributed by atoms with Gasteiger partial charge in [0.1, 0.15) is 10.5 Å². The molecule has 5 heterocycles. The predicted octanol–water partition coefficient (Wildman–Crippen LogP) is 5.43. The number of hydrogen-bond donors (Lipinski definition) is 2. The van der Waals surface area contributed by atoms with Crippen molar-refractivity contribution in [2.45, 2.75) is 58.2 Å². The highest BCUT2D eigenvalue weighted by atomic mass is 32.1. The summed E-state index contributed by atoms with van der Waals surface area (Å²) in [6, 6.07) is 8.48. The molecule has 3 aromatic heterocycles. The number of thiophene rings is 1. The molecule has 2 aliphatic rings. The van der Waals surface area contributed by atoms with Crippen molar-refractivity contribution in [3.05, 3.63) is 41.5 Å². The number of nitrogens with zero attached hydrogens (tertiary/aromatic N) is 4. The van der Waals surface area contributed by atoms with E-state index in [0.717, 1.165) is 55.7 Å². The van der Waals surface area contributed by atoms with Gasteiger partial charge in [-0.05, 0) is 64.8 Å². The Hall–Kier alpha value is -3.66. The van der Waals surface area contributed by atoms with Crippen LogP contribution >= 0.6 is 11.3 Å². The molecule has 38 heavy (non-hydrogen) atoms. The van der Waals surface area contributed by atoms with Gasteiger partial charge in [0.2, 0.25) is 0 Å². The Labute approximate surface area is 225 Å². The molecule has 198 valence electrons. The molecule has 4 aromatic rings. The first-order valence-electron chi connectivity index (χ1n) is 13.1. The van der Waals surface area contributed by atoms with Crippen molar-refractivity contribution in [1.82, 2.24) is 25.0 Å². The molecule has 0 bridgehead atoms. The van der Waals surface area contributed by atoms with Crippen LogP contribution in [0.5, 0.6) is 0 Å². The van der Waals surface area contributed by atoms with Crippen molar-refractivity contribution in [3.63, 3.8) is 0 Å². The first kappa shape index (κ1) is 24.7. The Balaban J connectivity index is 1.23. The van der Waals surface area contributed by atoms with E-state index in [9.17, 15) is 9.59 Å². The summed E-state index contributed by atoms with van der Waals surface area (Å²) in [5.74, 6) is -0.0271. The quantitative estimate of drug-likeness (QED) is 0.357. The maximum absolute atomic E-state index is 12.7. The van der Waals surface area contributed by atoms with Gasteiger partial charge in [0.15, 0.2) is 0 Å². The van der Waals surface area contributed by atoms with Crippen molar-refractivity contribution < 1.29 is 14.3 Å². The molecule has 1 aromatic carbocycles. The molecule has 1 saturated heterocycles. The molecule has 0 saturated carbocycles. The lowest BCUT2D eigenvalue weighted by Gasteiger charge is -2.33. The van der Waals surface area contributed by atoms with Crippen molar-refractivity contribution in [3.8, 4) is 11.3 Å². The minimum atomic E-state index is -0.491. The standard InChI is InChI=1S/C28H32N6O3S/c1-16-13-29-24-23-19-5-6-20(32-21(19)7-8-22(23)38-25(24)26(35)31-16)17-14-30-34(15-17)18-9-11-33(12-10-18)27(36)37-28(2,3)4/h5-8,14-16,18,29H,9-13H2,1-4H3,(H,31,35)/t16-/m1/s1. The third-order valence-electron chi connectivity index (χ3n) is 7.08. The molecule has 1 fully saturated rings. The molecular weight excluding hydrogens is 500 g/mol. The molecule has 6 rings (SSSR count). The lowest BCUT2D eigenvalue weighted by atomic mass is 10.1. The molecule has 0 unspecified atom stereocenters. The summed E-state index contributed by atoms with van der Waals surface area (Å²) >= 11 is 1.51. The van der Waals surface area contributed by atoms with Crippen LogP contribution in [0.4, 0.5) is 10.5 Å². The van der Waals surface area contributed by atoms with E-state index < -0.39 is 5.60 Å². The lowest BCUT2D eigenvalue weighted by molar-refractivity contribution is 0.0184.